The van der Waals surface area contributed by atoms with Crippen molar-refractivity contribution in [3.63, 3.8) is 0 Å². The van der Waals surface area contributed by atoms with Gasteiger partial charge in [-0.3, -0.25) is 24.6 Å². The van der Waals surface area contributed by atoms with Crippen molar-refractivity contribution in [2.75, 3.05) is 6.54 Å². The Bertz CT molecular complexity index is 854. The predicted molar refractivity (Wildman–Crippen MR) is 102 cm³/mol. The van der Waals surface area contributed by atoms with Crippen LogP contribution in [-0.2, 0) is 22.7 Å². The maximum absolute atomic E-state index is 13.0. The topological polar surface area (TPSA) is 95.7 Å². The monoisotopic (exact) mass is 382 g/mol. The highest BCUT2D eigenvalue weighted by Gasteiger charge is 2.40. The van der Waals surface area contributed by atoms with E-state index in [1.165, 1.54) is 6.42 Å². The van der Waals surface area contributed by atoms with Crippen LogP contribution in [0.25, 0.3) is 0 Å². The molecular formula is C21H26N4O3. The first-order valence-electron chi connectivity index (χ1n) is 10.2. The molecule has 7 heteroatoms. The number of nitrogens with two attached hydrogens (primary N) is 1. The van der Waals surface area contributed by atoms with Crippen LogP contribution in [0, 0.1) is 5.92 Å². The Morgan fingerprint density at radius 3 is 2.82 bits per heavy atom. The van der Waals surface area contributed by atoms with Gasteiger partial charge in [0, 0.05) is 43.7 Å². The van der Waals surface area contributed by atoms with Crippen LogP contribution in [-0.4, -0.2) is 52.2 Å². The summed E-state index contributed by atoms with van der Waals surface area (Å²) in [5.74, 6) is -0.0251. The predicted octanol–water partition coefficient (Wildman–Crippen LogP) is 0.759. The maximum Gasteiger partial charge on any atom is 0.255 e. The van der Waals surface area contributed by atoms with Gasteiger partial charge in [-0.1, -0.05) is 12.1 Å². The van der Waals surface area contributed by atoms with Gasteiger partial charge in [-0.2, -0.15) is 0 Å². The molecule has 1 aromatic rings. The van der Waals surface area contributed by atoms with Crippen LogP contribution in [0.3, 0.4) is 0 Å². The highest BCUT2D eigenvalue weighted by atomic mass is 16.2. The van der Waals surface area contributed by atoms with Gasteiger partial charge in [0.2, 0.25) is 11.8 Å². The first-order chi connectivity index (χ1) is 13.5. The van der Waals surface area contributed by atoms with E-state index in [4.69, 9.17) is 5.73 Å². The number of nitrogens with one attached hydrogen (secondary N) is 1. The number of hydrogen-bond acceptors (Lipinski definition) is 5. The molecule has 3 fully saturated rings. The number of fused-ring (bicyclic) bond motifs is 3. The van der Waals surface area contributed by atoms with E-state index in [0.717, 1.165) is 37.1 Å². The maximum atomic E-state index is 13.0. The molecule has 3 amide bonds. The minimum atomic E-state index is -0.555. The molecule has 0 spiro atoms. The Labute approximate surface area is 164 Å². The van der Waals surface area contributed by atoms with Gasteiger partial charge in [-0.25, -0.2) is 0 Å². The summed E-state index contributed by atoms with van der Waals surface area (Å²) in [6.45, 7) is 2.36. The van der Waals surface area contributed by atoms with Crippen molar-refractivity contribution in [3.05, 3.63) is 34.9 Å². The van der Waals surface area contributed by atoms with Gasteiger partial charge in [0.1, 0.15) is 6.04 Å². The van der Waals surface area contributed by atoms with Crippen LogP contribution in [0.15, 0.2) is 18.2 Å². The Kier molecular flexibility index (Phi) is 4.25. The molecule has 3 aliphatic heterocycles. The third-order valence-electron chi connectivity index (χ3n) is 6.80. The van der Waals surface area contributed by atoms with Crippen LogP contribution in [0.4, 0.5) is 0 Å². The summed E-state index contributed by atoms with van der Waals surface area (Å²) in [6, 6.07) is 6.42. The van der Waals surface area contributed by atoms with Crippen molar-refractivity contribution < 1.29 is 14.4 Å². The smallest absolute Gasteiger partial charge is 0.255 e. The molecule has 2 saturated heterocycles. The fourth-order valence-corrected chi connectivity index (χ4v) is 5.51. The summed E-state index contributed by atoms with van der Waals surface area (Å²) < 4.78 is 0. The average molecular weight is 382 g/mol. The van der Waals surface area contributed by atoms with Gasteiger partial charge in [0.05, 0.1) is 0 Å². The van der Waals surface area contributed by atoms with Crippen molar-refractivity contribution in [1.29, 1.82) is 0 Å². The summed E-state index contributed by atoms with van der Waals surface area (Å²) in [7, 11) is 0. The zero-order valence-electron chi connectivity index (χ0n) is 15.9. The zero-order valence-corrected chi connectivity index (χ0v) is 15.9. The molecule has 148 valence electrons. The molecule has 1 aliphatic carbocycles. The van der Waals surface area contributed by atoms with Crippen molar-refractivity contribution >= 4 is 17.7 Å². The quantitative estimate of drug-likeness (QED) is 0.753. The third kappa shape index (κ3) is 3.02. The fourth-order valence-electron chi connectivity index (χ4n) is 5.51. The summed E-state index contributed by atoms with van der Waals surface area (Å²) in [4.78, 5) is 40.7. The van der Waals surface area contributed by atoms with Gasteiger partial charge in [-0.05, 0) is 48.8 Å². The normalized spacial score (nSPS) is 32.6. The Morgan fingerprint density at radius 1 is 1.14 bits per heavy atom. The van der Waals surface area contributed by atoms with Gasteiger partial charge in [0.15, 0.2) is 0 Å². The molecule has 28 heavy (non-hydrogen) atoms. The number of imide groups is 1. The zero-order chi connectivity index (χ0) is 19.4. The third-order valence-corrected chi connectivity index (χ3v) is 6.80. The fraction of sp³-hybridized carbons (Fsp3) is 0.571. The lowest BCUT2D eigenvalue weighted by atomic mass is 9.87. The molecule has 7 nitrogen and oxygen atoms in total. The van der Waals surface area contributed by atoms with Crippen LogP contribution in [0.1, 0.15) is 53.6 Å². The lowest BCUT2D eigenvalue weighted by Gasteiger charge is -2.29. The minimum Gasteiger partial charge on any atom is -0.328 e. The number of carbonyl (C=O) groups excluding carboxylic acids is 3. The molecule has 2 bridgehead atoms. The van der Waals surface area contributed by atoms with E-state index in [2.05, 4.69) is 16.3 Å². The second kappa shape index (κ2) is 6.67. The van der Waals surface area contributed by atoms with E-state index >= 15 is 0 Å². The summed E-state index contributed by atoms with van der Waals surface area (Å²) in [5, 5.41) is 2.35. The van der Waals surface area contributed by atoms with Gasteiger partial charge >= 0.3 is 0 Å². The van der Waals surface area contributed by atoms with E-state index in [0.29, 0.717) is 36.5 Å². The van der Waals surface area contributed by atoms with Crippen LogP contribution in [0.5, 0.6) is 0 Å². The first kappa shape index (κ1) is 17.8. The number of benzene rings is 1. The number of carbonyl (C=O) groups is 3. The molecule has 0 aromatic heterocycles. The summed E-state index contributed by atoms with van der Waals surface area (Å²) in [5.41, 5.74) is 8.97. The van der Waals surface area contributed by atoms with Gasteiger partial charge in [0.25, 0.3) is 5.91 Å². The van der Waals surface area contributed by atoms with E-state index in [1.54, 1.807) is 4.90 Å². The second-order valence-corrected chi connectivity index (χ2v) is 8.81. The number of hydrogen-bond donors (Lipinski definition) is 2. The van der Waals surface area contributed by atoms with Crippen LogP contribution >= 0.6 is 0 Å². The molecule has 3 N–H and O–H groups in total. The molecular weight excluding hydrogens is 356 g/mol. The van der Waals surface area contributed by atoms with E-state index in [1.807, 2.05) is 12.1 Å². The van der Waals surface area contributed by atoms with Gasteiger partial charge < -0.3 is 10.6 Å². The average Bonchev–Trinajstić information content (AvgIpc) is 3.11. The SMILES string of the molecule is N[C@@H]1C[C@H]2C[C@@H](C1)N(Cc1ccc3c(c1)C(=O)N(C1CCC(=O)NC1=O)C3)C2. The van der Waals surface area contributed by atoms with Gasteiger partial charge in [-0.15, -0.1) is 0 Å². The molecule has 1 saturated carbocycles. The second-order valence-electron chi connectivity index (χ2n) is 8.81. The van der Waals surface area contributed by atoms with E-state index < -0.39 is 6.04 Å². The van der Waals surface area contributed by atoms with Crippen LogP contribution in [0.2, 0.25) is 0 Å². The summed E-state index contributed by atoms with van der Waals surface area (Å²) in [6.07, 6.45) is 4.09. The molecule has 1 unspecified atom stereocenters. The number of likely N-dealkylation sites (tertiary alicyclic amines) is 1. The lowest BCUT2D eigenvalue weighted by Crippen LogP contribution is -2.52. The standard InChI is InChI=1S/C21H26N4O3/c22-15-5-13-6-16(8-15)24(10-13)9-12-1-2-14-11-25(21(28)17(14)7-12)18-3-4-19(26)23-20(18)27/h1-2,7,13,15-16,18H,3-6,8-11,22H2,(H,23,26,27)/t13-,15+,16-,18?/m0/s1. The Hall–Kier alpha value is -2.25. The summed E-state index contributed by atoms with van der Waals surface area (Å²) >= 11 is 0. The Morgan fingerprint density at radius 2 is 2.00 bits per heavy atom. The number of amides is 3. The molecule has 4 atom stereocenters. The van der Waals surface area contributed by atoms with E-state index in [9.17, 15) is 14.4 Å². The van der Waals surface area contributed by atoms with Crippen molar-refractivity contribution in [2.24, 2.45) is 11.7 Å². The van der Waals surface area contributed by atoms with Crippen molar-refractivity contribution in [3.8, 4) is 0 Å². The van der Waals surface area contributed by atoms with Crippen molar-refractivity contribution in [1.82, 2.24) is 15.1 Å². The lowest BCUT2D eigenvalue weighted by molar-refractivity contribution is -0.136. The molecule has 0 radical (unpaired) electrons. The molecule has 5 rings (SSSR count). The number of piperidine rings is 1. The van der Waals surface area contributed by atoms with Crippen molar-refractivity contribution in [2.45, 2.75) is 63.3 Å². The first-order valence-corrected chi connectivity index (χ1v) is 10.2. The highest BCUT2D eigenvalue weighted by Crippen LogP contribution is 2.36. The highest BCUT2D eigenvalue weighted by molar-refractivity contribution is 6.05. The van der Waals surface area contributed by atoms with Crippen LogP contribution < -0.4 is 11.1 Å². The minimum absolute atomic E-state index is 0.103. The largest absolute Gasteiger partial charge is 0.328 e. The molecule has 1 aromatic carbocycles. The number of nitrogens with zero attached hydrogens (tertiary/aromatic N) is 2. The molecule has 3 heterocycles. The molecule has 4 aliphatic rings. The number of rotatable bonds is 3. The Balaban J connectivity index is 1.31. The van der Waals surface area contributed by atoms with E-state index in [-0.39, 0.29) is 24.1 Å².